The van der Waals surface area contributed by atoms with E-state index in [4.69, 9.17) is 0 Å². The highest BCUT2D eigenvalue weighted by Crippen LogP contribution is 2.19. The highest BCUT2D eigenvalue weighted by atomic mass is 15.1. The fourth-order valence-corrected chi connectivity index (χ4v) is 2.34. The Morgan fingerprint density at radius 3 is 2.81 bits per heavy atom. The summed E-state index contributed by atoms with van der Waals surface area (Å²) < 4.78 is 0. The number of hydrogen-bond acceptors (Lipinski definition) is 2. The van der Waals surface area contributed by atoms with Gasteiger partial charge in [-0.15, -0.1) is 0 Å². The van der Waals surface area contributed by atoms with Crippen LogP contribution in [-0.2, 0) is 0 Å². The van der Waals surface area contributed by atoms with E-state index in [1.165, 1.54) is 43.6 Å². The second-order valence-corrected chi connectivity index (χ2v) is 4.89. The van der Waals surface area contributed by atoms with Crippen LogP contribution in [0.25, 0.3) is 0 Å². The van der Waals surface area contributed by atoms with Crippen molar-refractivity contribution < 1.29 is 0 Å². The molecule has 0 bridgehead atoms. The fraction of sp³-hybridized carbons (Fsp3) is 0.571. The maximum absolute atomic E-state index is 3.68. The van der Waals surface area contributed by atoms with Gasteiger partial charge in [-0.05, 0) is 58.0 Å². The molecular weight excluding hydrogens is 196 g/mol. The van der Waals surface area contributed by atoms with Gasteiger partial charge < -0.3 is 10.2 Å². The molecule has 0 radical (unpaired) electrons. The van der Waals surface area contributed by atoms with E-state index in [1.54, 1.807) is 0 Å². The lowest BCUT2D eigenvalue weighted by Crippen LogP contribution is -2.23. The molecular formula is C14H22N2. The van der Waals surface area contributed by atoms with E-state index in [1.807, 2.05) is 0 Å². The molecule has 1 fully saturated rings. The first-order valence-electron chi connectivity index (χ1n) is 6.26. The second-order valence-electron chi connectivity index (χ2n) is 4.89. The van der Waals surface area contributed by atoms with Gasteiger partial charge in [0.2, 0.25) is 0 Å². The number of para-hydroxylation sites is 1. The number of rotatable bonds is 2. The van der Waals surface area contributed by atoms with Crippen LogP contribution >= 0.6 is 0 Å². The van der Waals surface area contributed by atoms with Crippen LogP contribution in [-0.4, -0.2) is 31.1 Å². The van der Waals surface area contributed by atoms with E-state index in [0.29, 0.717) is 6.04 Å². The average molecular weight is 218 g/mol. The van der Waals surface area contributed by atoms with Crippen molar-refractivity contribution in [2.75, 3.05) is 25.5 Å². The van der Waals surface area contributed by atoms with Crippen molar-refractivity contribution in [2.45, 2.75) is 32.2 Å². The molecule has 1 aliphatic rings. The largest absolute Gasteiger partial charge is 0.382 e. The summed E-state index contributed by atoms with van der Waals surface area (Å²) in [5, 5.41) is 3.68. The Labute approximate surface area is 98.7 Å². The lowest BCUT2D eigenvalue weighted by atomic mass is 10.1. The monoisotopic (exact) mass is 218 g/mol. The second kappa shape index (κ2) is 5.35. The van der Waals surface area contributed by atoms with Crippen LogP contribution in [0.1, 0.15) is 24.8 Å². The molecule has 1 N–H and O–H groups in total. The Balaban J connectivity index is 1.96. The molecule has 0 aromatic heterocycles. The number of nitrogens with one attached hydrogen (secondary N) is 1. The summed E-state index contributed by atoms with van der Waals surface area (Å²) in [7, 11) is 2.22. The summed E-state index contributed by atoms with van der Waals surface area (Å²) in [5.74, 6) is 0. The van der Waals surface area contributed by atoms with Crippen LogP contribution in [0.2, 0.25) is 0 Å². The topological polar surface area (TPSA) is 15.3 Å². The third kappa shape index (κ3) is 2.99. The Morgan fingerprint density at radius 1 is 1.19 bits per heavy atom. The summed E-state index contributed by atoms with van der Waals surface area (Å²) in [5.41, 5.74) is 2.65. The van der Waals surface area contributed by atoms with Gasteiger partial charge in [-0.1, -0.05) is 18.2 Å². The van der Waals surface area contributed by atoms with E-state index in [-0.39, 0.29) is 0 Å². The van der Waals surface area contributed by atoms with Crippen LogP contribution in [0.15, 0.2) is 24.3 Å². The standard InChI is InChI=1S/C14H22N2/c1-12-6-3-4-8-14(12)15-13-7-5-10-16(2)11-9-13/h3-4,6,8,13,15H,5,7,9-11H2,1-2H3. The van der Waals surface area contributed by atoms with Gasteiger partial charge in [0.1, 0.15) is 0 Å². The van der Waals surface area contributed by atoms with Gasteiger partial charge in [0.05, 0.1) is 0 Å². The lowest BCUT2D eigenvalue weighted by Gasteiger charge is -2.19. The number of anilines is 1. The van der Waals surface area contributed by atoms with Gasteiger partial charge >= 0.3 is 0 Å². The van der Waals surface area contributed by atoms with Gasteiger partial charge in [-0.3, -0.25) is 0 Å². The predicted molar refractivity (Wildman–Crippen MR) is 69.9 cm³/mol. The quantitative estimate of drug-likeness (QED) is 0.821. The molecule has 1 atom stereocenters. The van der Waals surface area contributed by atoms with Crippen LogP contribution < -0.4 is 5.32 Å². The molecule has 2 rings (SSSR count). The molecule has 16 heavy (non-hydrogen) atoms. The Hall–Kier alpha value is -1.02. The zero-order valence-electron chi connectivity index (χ0n) is 10.4. The Kier molecular flexibility index (Phi) is 3.83. The van der Waals surface area contributed by atoms with Crippen molar-refractivity contribution in [3.05, 3.63) is 29.8 Å². The van der Waals surface area contributed by atoms with Crippen LogP contribution in [0.5, 0.6) is 0 Å². The van der Waals surface area contributed by atoms with Crippen molar-refractivity contribution in [2.24, 2.45) is 0 Å². The van der Waals surface area contributed by atoms with Gasteiger partial charge in [0.25, 0.3) is 0 Å². The van der Waals surface area contributed by atoms with Crippen molar-refractivity contribution in [3.8, 4) is 0 Å². The first-order valence-corrected chi connectivity index (χ1v) is 6.26. The van der Waals surface area contributed by atoms with E-state index >= 15 is 0 Å². The summed E-state index contributed by atoms with van der Waals surface area (Å²) >= 11 is 0. The highest BCUT2D eigenvalue weighted by Gasteiger charge is 2.14. The molecule has 0 amide bonds. The molecule has 0 aliphatic carbocycles. The van der Waals surface area contributed by atoms with E-state index in [0.717, 1.165) is 0 Å². The molecule has 0 saturated carbocycles. The zero-order valence-corrected chi connectivity index (χ0v) is 10.4. The minimum atomic E-state index is 0.644. The molecule has 88 valence electrons. The normalized spacial score (nSPS) is 22.8. The zero-order chi connectivity index (χ0) is 11.4. The van der Waals surface area contributed by atoms with E-state index < -0.39 is 0 Å². The molecule has 1 unspecified atom stereocenters. The first-order chi connectivity index (χ1) is 7.75. The molecule has 0 spiro atoms. The van der Waals surface area contributed by atoms with Gasteiger partial charge in [0.15, 0.2) is 0 Å². The van der Waals surface area contributed by atoms with Gasteiger partial charge in [-0.25, -0.2) is 0 Å². The van der Waals surface area contributed by atoms with E-state index in [9.17, 15) is 0 Å². The number of nitrogens with zero attached hydrogens (tertiary/aromatic N) is 1. The summed E-state index contributed by atoms with van der Waals surface area (Å²) in [4.78, 5) is 2.43. The third-order valence-electron chi connectivity index (χ3n) is 3.46. The number of benzene rings is 1. The first kappa shape index (κ1) is 11.5. The molecule has 1 aromatic carbocycles. The maximum Gasteiger partial charge on any atom is 0.0372 e. The van der Waals surface area contributed by atoms with E-state index in [2.05, 4.69) is 48.5 Å². The van der Waals surface area contributed by atoms with Crippen molar-refractivity contribution >= 4 is 5.69 Å². The number of aryl methyl sites for hydroxylation is 1. The van der Waals surface area contributed by atoms with Crippen LogP contribution in [0.3, 0.4) is 0 Å². The highest BCUT2D eigenvalue weighted by molar-refractivity contribution is 5.50. The molecule has 1 saturated heterocycles. The SMILES string of the molecule is Cc1ccccc1NC1CCCN(C)CC1. The average Bonchev–Trinajstić information content (AvgIpc) is 2.47. The van der Waals surface area contributed by atoms with Crippen molar-refractivity contribution in [3.63, 3.8) is 0 Å². The van der Waals surface area contributed by atoms with Crippen molar-refractivity contribution in [1.82, 2.24) is 4.90 Å². The maximum atomic E-state index is 3.68. The lowest BCUT2D eigenvalue weighted by molar-refractivity contribution is 0.348. The number of likely N-dealkylation sites (tertiary alicyclic amines) is 1. The molecule has 1 aromatic rings. The number of hydrogen-bond donors (Lipinski definition) is 1. The van der Waals surface area contributed by atoms with Gasteiger partial charge in [0, 0.05) is 11.7 Å². The Bertz CT molecular complexity index is 335. The van der Waals surface area contributed by atoms with Gasteiger partial charge in [-0.2, -0.15) is 0 Å². The summed E-state index contributed by atoms with van der Waals surface area (Å²) in [6, 6.07) is 9.21. The molecule has 2 nitrogen and oxygen atoms in total. The Morgan fingerprint density at radius 2 is 2.00 bits per heavy atom. The minimum absolute atomic E-state index is 0.644. The smallest absolute Gasteiger partial charge is 0.0372 e. The van der Waals surface area contributed by atoms with Crippen molar-refractivity contribution in [1.29, 1.82) is 0 Å². The van der Waals surface area contributed by atoms with Crippen LogP contribution in [0.4, 0.5) is 5.69 Å². The fourth-order valence-electron chi connectivity index (χ4n) is 2.34. The van der Waals surface area contributed by atoms with Crippen LogP contribution in [0, 0.1) is 6.92 Å². The molecule has 2 heteroatoms. The third-order valence-corrected chi connectivity index (χ3v) is 3.46. The summed E-state index contributed by atoms with van der Waals surface area (Å²) in [6.07, 6.45) is 3.85. The minimum Gasteiger partial charge on any atom is -0.382 e. The summed E-state index contributed by atoms with van der Waals surface area (Å²) in [6.45, 7) is 4.63. The predicted octanol–water partition coefficient (Wildman–Crippen LogP) is 2.89. The molecule has 1 heterocycles. The molecule has 1 aliphatic heterocycles.